The first kappa shape index (κ1) is 14.1. The van der Waals surface area contributed by atoms with Crippen LogP contribution in [-0.2, 0) is 15.5 Å². The third-order valence-electron chi connectivity index (χ3n) is 2.99. The largest absolute Gasteiger partial charge is 0.465 e. The molecule has 0 aromatic heterocycles. The van der Waals surface area contributed by atoms with Gasteiger partial charge in [0.1, 0.15) is 0 Å². The summed E-state index contributed by atoms with van der Waals surface area (Å²) in [6.45, 7) is 1.19. The number of halogens is 1. The first-order valence-corrected chi connectivity index (χ1v) is 7.66. The molecule has 7 heteroatoms. The second kappa shape index (κ2) is 5.79. The Labute approximate surface area is 119 Å². The Hall–Kier alpha value is -1.27. The third kappa shape index (κ3) is 3.01. The van der Waals surface area contributed by atoms with Crippen LogP contribution in [0.25, 0.3) is 0 Å². The number of methoxy groups -OCH3 is 1. The standard InChI is InChI=1S/C12H15ClN2O3S/c1-18-12(16)9-6-8(14)7-10(13)11(9)15-2-4-19(17)5-3-15/h6-7H,2-5,14H2,1H3. The molecule has 0 aliphatic carbocycles. The van der Waals surface area contributed by atoms with Gasteiger partial charge in [0.15, 0.2) is 0 Å². The van der Waals surface area contributed by atoms with Gasteiger partial charge in [-0.15, -0.1) is 0 Å². The fourth-order valence-electron chi connectivity index (χ4n) is 2.07. The molecule has 0 amide bonds. The van der Waals surface area contributed by atoms with Crippen LogP contribution in [0.5, 0.6) is 0 Å². The number of ether oxygens (including phenoxy) is 1. The summed E-state index contributed by atoms with van der Waals surface area (Å²) in [5.41, 5.74) is 7.08. The molecule has 1 aromatic rings. The maximum atomic E-state index is 11.8. The first-order valence-electron chi connectivity index (χ1n) is 5.80. The van der Waals surface area contributed by atoms with Crippen LogP contribution in [0.15, 0.2) is 12.1 Å². The number of rotatable bonds is 2. The average Bonchev–Trinajstić information content (AvgIpc) is 2.38. The van der Waals surface area contributed by atoms with Crippen LogP contribution in [0.2, 0.25) is 5.02 Å². The summed E-state index contributed by atoms with van der Waals surface area (Å²) in [6, 6.07) is 3.16. The smallest absolute Gasteiger partial charge is 0.340 e. The van der Waals surface area contributed by atoms with Gasteiger partial charge in [0.25, 0.3) is 0 Å². The van der Waals surface area contributed by atoms with Crippen molar-refractivity contribution in [3.63, 3.8) is 0 Å². The summed E-state index contributed by atoms with van der Waals surface area (Å²) in [5.74, 6) is 0.665. The first-order chi connectivity index (χ1) is 9.02. The number of nitrogens with two attached hydrogens (primary N) is 1. The van der Waals surface area contributed by atoms with E-state index in [1.807, 2.05) is 4.90 Å². The number of benzene rings is 1. The number of carbonyl (C=O) groups excluding carboxylic acids is 1. The number of anilines is 2. The molecule has 0 bridgehead atoms. The highest BCUT2D eigenvalue weighted by Crippen LogP contribution is 2.33. The average molecular weight is 303 g/mol. The van der Waals surface area contributed by atoms with Gasteiger partial charge in [-0.1, -0.05) is 11.6 Å². The summed E-state index contributed by atoms with van der Waals surface area (Å²) >= 11 is 6.20. The van der Waals surface area contributed by atoms with E-state index in [1.54, 1.807) is 12.1 Å². The molecule has 1 aliphatic heterocycles. The van der Waals surface area contributed by atoms with Crippen LogP contribution < -0.4 is 10.6 Å². The van der Waals surface area contributed by atoms with E-state index in [0.717, 1.165) is 0 Å². The molecule has 0 saturated carbocycles. The van der Waals surface area contributed by atoms with Gasteiger partial charge >= 0.3 is 5.97 Å². The van der Waals surface area contributed by atoms with Crippen LogP contribution >= 0.6 is 11.6 Å². The fraction of sp³-hybridized carbons (Fsp3) is 0.417. The number of nitrogens with zero attached hydrogens (tertiary/aromatic N) is 1. The van der Waals surface area contributed by atoms with Crippen LogP contribution in [0, 0.1) is 0 Å². The van der Waals surface area contributed by atoms with Gasteiger partial charge in [0.05, 0.1) is 23.4 Å². The molecule has 0 radical (unpaired) electrons. The number of hydrogen-bond acceptors (Lipinski definition) is 5. The maximum absolute atomic E-state index is 11.8. The van der Waals surface area contributed by atoms with E-state index in [1.165, 1.54) is 7.11 Å². The second-order valence-electron chi connectivity index (χ2n) is 4.23. The Bertz CT molecular complexity index is 526. The topological polar surface area (TPSA) is 72.6 Å². The highest BCUT2D eigenvalue weighted by Gasteiger charge is 2.24. The van der Waals surface area contributed by atoms with E-state index < -0.39 is 16.8 Å². The Morgan fingerprint density at radius 2 is 2.05 bits per heavy atom. The van der Waals surface area contributed by atoms with Crippen LogP contribution in [0.4, 0.5) is 11.4 Å². The molecule has 1 fully saturated rings. The predicted octanol–water partition coefficient (Wildman–Crippen LogP) is 1.28. The lowest BCUT2D eigenvalue weighted by Crippen LogP contribution is -2.38. The zero-order valence-corrected chi connectivity index (χ0v) is 12.1. The van der Waals surface area contributed by atoms with E-state index in [0.29, 0.717) is 46.6 Å². The van der Waals surface area contributed by atoms with Crippen molar-refractivity contribution >= 4 is 39.7 Å². The summed E-state index contributed by atoms with van der Waals surface area (Å²) in [4.78, 5) is 13.8. The van der Waals surface area contributed by atoms with Crippen molar-refractivity contribution in [2.75, 3.05) is 42.3 Å². The molecule has 0 unspecified atom stereocenters. The lowest BCUT2D eigenvalue weighted by atomic mass is 10.1. The van der Waals surface area contributed by atoms with Crippen molar-refractivity contribution < 1.29 is 13.7 Å². The lowest BCUT2D eigenvalue weighted by Gasteiger charge is -2.30. The highest BCUT2D eigenvalue weighted by atomic mass is 35.5. The number of hydrogen-bond donors (Lipinski definition) is 1. The Balaban J connectivity index is 2.43. The van der Waals surface area contributed by atoms with Crippen molar-refractivity contribution in [1.82, 2.24) is 0 Å². The van der Waals surface area contributed by atoms with Gasteiger partial charge < -0.3 is 15.4 Å². The quantitative estimate of drug-likeness (QED) is 0.658. The molecule has 2 rings (SSSR count). The molecule has 1 heterocycles. The third-order valence-corrected chi connectivity index (χ3v) is 4.55. The minimum Gasteiger partial charge on any atom is -0.465 e. The number of esters is 1. The summed E-state index contributed by atoms with van der Waals surface area (Å²) in [7, 11) is 0.524. The molecule has 1 saturated heterocycles. The summed E-state index contributed by atoms with van der Waals surface area (Å²) < 4.78 is 16.2. The second-order valence-corrected chi connectivity index (χ2v) is 6.33. The van der Waals surface area contributed by atoms with Crippen LogP contribution in [0.3, 0.4) is 0 Å². The van der Waals surface area contributed by atoms with Gasteiger partial charge in [0.2, 0.25) is 0 Å². The minimum atomic E-state index is -0.790. The Morgan fingerprint density at radius 3 is 2.63 bits per heavy atom. The summed E-state index contributed by atoms with van der Waals surface area (Å²) in [6.07, 6.45) is 0. The normalized spacial score (nSPS) is 16.4. The van der Waals surface area contributed by atoms with Crippen LogP contribution in [0.1, 0.15) is 10.4 Å². The molecule has 1 aliphatic rings. The van der Waals surface area contributed by atoms with Crippen molar-refractivity contribution in [1.29, 1.82) is 0 Å². The molecule has 5 nitrogen and oxygen atoms in total. The predicted molar refractivity (Wildman–Crippen MR) is 77.3 cm³/mol. The lowest BCUT2D eigenvalue weighted by molar-refractivity contribution is 0.0601. The van der Waals surface area contributed by atoms with Gasteiger partial charge in [-0.25, -0.2) is 4.79 Å². The van der Waals surface area contributed by atoms with E-state index in [-0.39, 0.29) is 0 Å². The SMILES string of the molecule is COC(=O)c1cc(N)cc(Cl)c1N1CCS(=O)CC1. The monoisotopic (exact) mass is 302 g/mol. The molecule has 19 heavy (non-hydrogen) atoms. The molecular formula is C12H15ClN2O3S. The molecule has 104 valence electrons. The Morgan fingerprint density at radius 1 is 1.42 bits per heavy atom. The number of carbonyl (C=O) groups is 1. The molecule has 2 N–H and O–H groups in total. The highest BCUT2D eigenvalue weighted by molar-refractivity contribution is 7.85. The summed E-state index contributed by atoms with van der Waals surface area (Å²) in [5, 5.41) is 0.410. The van der Waals surface area contributed by atoms with Crippen molar-refractivity contribution in [2.45, 2.75) is 0 Å². The van der Waals surface area contributed by atoms with Gasteiger partial charge in [-0.3, -0.25) is 4.21 Å². The van der Waals surface area contributed by atoms with Gasteiger partial charge in [-0.2, -0.15) is 0 Å². The zero-order chi connectivity index (χ0) is 14.0. The van der Waals surface area contributed by atoms with Gasteiger partial charge in [0, 0.05) is 41.1 Å². The maximum Gasteiger partial charge on any atom is 0.340 e. The van der Waals surface area contributed by atoms with E-state index in [4.69, 9.17) is 22.1 Å². The number of nitrogen functional groups attached to an aromatic ring is 1. The molecule has 0 spiro atoms. The van der Waals surface area contributed by atoms with E-state index >= 15 is 0 Å². The minimum absolute atomic E-state index is 0.347. The van der Waals surface area contributed by atoms with Crippen molar-refractivity contribution in [3.05, 3.63) is 22.7 Å². The Kier molecular flexibility index (Phi) is 4.31. The molecule has 0 atom stereocenters. The fourth-order valence-corrected chi connectivity index (χ4v) is 3.47. The zero-order valence-electron chi connectivity index (χ0n) is 10.5. The van der Waals surface area contributed by atoms with Crippen molar-refractivity contribution in [3.8, 4) is 0 Å². The molecule has 1 aromatic carbocycles. The van der Waals surface area contributed by atoms with E-state index in [9.17, 15) is 9.00 Å². The van der Waals surface area contributed by atoms with E-state index in [2.05, 4.69) is 0 Å². The molecular weight excluding hydrogens is 288 g/mol. The van der Waals surface area contributed by atoms with Crippen LogP contribution in [-0.4, -0.2) is 41.9 Å². The van der Waals surface area contributed by atoms with Crippen molar-refractivity contribution in [2.24, 2.45) is 0 Å². The van der Waals surface area contributed by atoms with Gasteiger partial charge in [-0.05, 0) is 12.1 Å².